The van der Waals surface area contributed by atoms with E-state index in [0.29, 0.717) is 6.42 Å². The minimum absolute atomic E-state index is 0.00579. The Kier molecular flexibility index (Phi) is 4.89. The lowest BCUT2D eigenvalue weighted by atomic mass is 10.1. The van der Waals surface area contributed by atoms with Crippen molar-refractivity contribution in [3.63, 3.8) is 0 Å². The average Bonchev–Trinajstić information content (AvgIpc) is 3.19. The number of aliphatic hydroxyl groups excluding tert-OH is 1. The van der Waals surface area contributed by atoms with Gasteiger partial charge in [0.15, 0.2) is 11.2 Å². The van der Waals surface area contributed by atoms with Crippen LogP contribution < -0.4 is 10.9 Å². The van der Waals surface area contributed by atoms with Crippen LogP contribution in [0.3, 0.4) is 0 Å². The summed E-state index contributed by atoms with van der Waals surface area (Å²) < 4.78 is 7.21. The zero-order valence-electron chi connectivity index (χ0n) is 14.2. The number of carbonyl (C=O) groups is 1. The Balaban J connectivity index is 1.97. The van der Waals surface area contributed by atoms with Crippen molar-refractivity contribution in [2.24, 2.45) is 11.0 Å². The molecule has 12 nitrogen and oxygen atoms in total. The van der Waals surface area contributed by atoms with Crippen molar-refractivity contribution in [2.75, 3.05) is 11.9 Å². The monoisotopic (exact) mass is 362 g/mol. The molecule has 0 aliphatic carbocycles. The first-order valence-electron chi connectivity index (χ1n) is 8.02. The lowest BCUT2D eigenvalue weighted by Crippen LogP contribution is -2.23. The number of carbonyl (C=O) groups excluding carboxylic acids is 1. The van der Waals surface area contributed by atoms with Crippen molar-refractivity contribution in [1.29, 1.82) is 0 Å². The zero-order valence-corrected chi connectivity index (χ0v) is 14.2. The Morgan fingerprint density at radius 1 is 1.65 bits per heavy atom. The summed E-state index contributed by atoms with van der Waals surface area (Å²) in [5.74, 6) is -0.570. The number of imidazole rings is 1. The highest BCUT2D eigenvalue weighted by molar-refractivity contribution is 5.91. The minimum atomic E-state index is -0.657. The molecule has 2 unspecified atom stereocenters. The molecule has 1 aliphatic rings. The van der Waals surface area contributed by atoms with Crippen LogP contribution in [0.25, 0.3) is 21.6 Å². The second kappa shape index (κ2) is 7.12. The number of anilines is 1. The van der Waals surface area contributed by atoms with Gasteiger partial charge in [-0.3, -0.25) is 24.5 Å². The predicted molar refractivity (Wildman–Crippen MR) is 90.2 cm³/mol. The summed E-state index contributed by atoms with van der Waals surface area (Å²) in [4.78, 5) is 37.6. The van der Waals surface area contributed by atoms with Crippen LogP contribution in [0.15, 0.2) is 16.2 Å². The Labute approximate surface area is 146 Å². The number of fused-ring (bicyclic) bond motifs is 1. The van der Waals surface area contributed by atoms with Gasteiger partial charge < -0.3 is 9.84 Å². The van der Waals surface area contributed by atoms with E-state index in [2.05, 4.69) is 30.3 Å². The summed E-state index contributed by atoms with van der Waals surface area (Å²) in [5, 5.41) is 15.5. The molecule has 0 radical (unpaired) electrons. The van der Waals surface area contributed by atoms with Crippen molar-refractivity contribution in [1.82, 2.24) is 19.5 Å². The largest absolute Gasteiger partial charge is 0.394 e. The average molecular weight is 362 g/mol. The Morgan fingerprint density at radius 2 is 2.42 bits per heavy atom. The maximum absolute atomic E-state index is 12.2. The molecule has 0 bridgehead atoms. The van der Waals surface area contributed by atoms with E-state index in [0.717, 1.165) is 0 Å². The first-order valence-corrected chi connectivity index (χ1v) is 8.02. The number of hydrogen-bond acceptors (Lipinski definition) is 7. The minimum Gasteiger partial charge on any atom is -0.394 e. The van der Waals surface area contributed by atoms with Crippen molar-refractivity contribution >= 4 is 23.0 Å². The molecule has 1 aliphatic heterocycles. The molecule has 3 atom stereocenters. The summed E-state index contributed by atoms with van der Waals surface area (Å²) in [7, 11) is 0. The SMILES string of the molecule is CC(C)C(=O)Nc1nc2c(ncn2C2C[C@H](N=[N+]=[N-])C(CO)O2)c(=O)[nH]1. The fourth-order valence-electron chi connectivity index (χ4n) is 2.70. The number of rotatable bonds is 5. The third-order valence-electron chi connectivity index (χ3n) is 4.09. The first-order chi connectivity index (χ1) is 12.4. The number of nitrogens with one attached hydrogen (secondary N) is 2. The van der Waals surface area contributed by atoms with Crippen LogP contribution in [-0.4, -0.2) is 49.3 Å². The summed E-state index contributed by atoms with van der Waals surface area (Å²) in [6, 6.07) is -0.547. The highest BCUT2D eigenvalue weighted by Gasteiger charge is 2.36. The van der Waals surface area contributed by atoms with E-state index in [1.165, 1.54) is 10.9 Å². The molecule has 138 valence electrons. The number of azide groups is 1. The molecule has 2 aromatic heterocycles. The number of ether oxygens (including phenoxy) is 1. The number of amides is 1. The van der Waals surface area contributed by atoms with Gasteiger partial charge in [-0.1, -0.05) is 19.0 Å². The van der Waals surface area contributed by atoms with Crippen LogP contribution in [0.5, 0.6) is 0 Å². The second-order valence-corrected chi connectivity index (χ2v) is 6.20. The van der Waals surface area contributed by atoms with Gasteiger partial charge in [-0.15, -0.1) is 0 Å². The molecule has 3 rings (SSSR count). The van der Waals surface area contributed by atoms with Crippen molar-refractivity contribution in [3.05, 3.63) is 27.1 Å². The molecular formula is C14H18N8O4. The van der Waals surface area contributed by atoms with Crippen molar-refractivity contribution in [2.45, 2.75) is 38.6 Å². The van der Waals surface area contributed by atoms with E-state index in [1.54, 1.807) is 13.8 Å². The lowest BCUT2D eigenvalue weighted by Gasteiger charge is -2.14. The van der Waals surface area contributed by atoms with Gasteiger partial charge in [0.05, 0.1) is 25.1 Å². The van der Waals surface area contributed by atoms with E-state index in [9.17, 15) is 14.7 Å². The maximum Gasteiger partial charge on any atom is 0.280 e. The normalized spacial score (nSPS) is 22.5. The predicted octanol–water partition coefficient (Wildman–Crippen LogP) is 0.673. The first kappa shape index (κ1) is 17.9. The molecule has 1 saturated heterocycles. The molecule has 2 aromatic rings. The van der Waals surface area contributed by atoms with Gasteiger partial charge in [0.25, 0.3) is 5.56 Å². The zero-order chi connectivity index (χ0) is 18.8. The summed E-state index contributed by atoms with van der Waals surface area (Å²) in [5.41, 5.74) is 8.44. The topological polar surface area (TPSA) is 171 Å². The van der Waals surface area contributed by atoms with Crippen LogP contribution in [0.4, 0.5) is 5.95 Å². The molecule has 3 heterocycles. The van der Waals surface area contributed by atoms with E-state index in [1.807, 2.05) is 0 Å². The van der Waals surface area contributed by atoms with Crippen molar-refractivity contribution in [3.8, 4) is 0 Å². The Bertz CT molecular complexity index is 929. The fraction of sp³-hybridized carbons (Fsp3) is 0.571. The van der Waals surface area contributed by atoms with Crippen LogP contribution >= 0.6 is 0 Å². The van der Waals surface area contributed by atoms with Gasteiger partial charge in [-0.05, 0) is 5.53 Å². The molecule has 1 fully saturated rings. The molecule has 12 heteroatoms. The lowest BCUT2D eigenvalue weighted by molar-refractivity contribution is -0.118. The van der Waals surface area contributed by atoms with Gasteiger partial charge >= 0.3 is 0 Å². The fourth-order valence-corrected chi connectivity index (χ4v) is 2.70. The van der Waals surface area contributed by atoms with E-state index < -0.39 is 23.9 Å². The van der Waals surface area contributed by atoms with Crippen LogP contribution in [0, 0.1) is 5.92 Å². The smallest absolute Gasteiger partial charge is 0.280 e. The number of H-pyrrole nitrogens is 1. The highest BCUT2D eigenvalue weighted by Crippen LogP contribution is 2.32. The second-order valence-electron chi connectivity index (χ2n) is 6.20. The third kappa shape index (κ3) is 3.25. The van der Waals surface area contributed by atoms with Gasteiger partial charge in [-0.25, -0.2) is 4.98 Å². The van der Waals surface area contributed by atoms with Crippen LogP contribution in [-0.2, 0) is 9.53 Å². The molecule has 0 aromatic carbocycles. The number of nitrogens with zero attached hydrogens (tertiary/aromatic N) is 6. The van der Waals surface area contributed by atoms with Gasteiger partial charge in [0.1, 0.15) is 6.23 Å². The van der Waals surface area contributed by atoms with Crippen LogP contribution in [0.1, 0.15) is 26.5 Å². The number of aromatic amines is 1. The molecule has 1 amide bonds. The number of aromatic nitrogens is 4. The highest BCUT2D eigenvalue weighted by atomic mass is 16.5. The van der Waals surface area contributed by atoms with Crippen molar-refractivity contribution < 1.29 is 14.6 Å². The molecular weight excluding hydrogens is 344 g/mol. The Morgan fingerprint density at radius 3 is 3.08 bits per heavy atom. The molecule has 0 spiro atoms. The van der Waals surface area contributed by atoms with E-state index >= 15 is 0 Å². The van der Waals surface area contributed by atoms with Gasteiger partial charge in [0.2, 0.25) is 11.9 Å². The summed E-state index contributed by atoms with van der Waals surface area (Å²) in [6.07, 6.45) is 0.410. The van der Waals surface area contributed by atoms with Gasteiger partial charge in [0, 0.05) is 17.3 Å². The van der Waals surface area contributed by atoms with Crippen LogP contribution in [0.2, 0.25) is 0 Å². The van der Waals surface area contributed by atoms with E-state index in [-0.39, 0.29) is 35.5 Å². The molecule has 26 heavy (non-hydrogen) atoms. The summed E-state index contributed by atoms with van der Waals surface area (Å²) >= 11 is 0. The summed E-state index contributed by atoms with van der Waals surface area (Å²) in [6.45, 7) is 3.12. The standard InChI is InChI=1S/C14H18N8O4/c1-6(2)12(24)18-14-17-11-10(13(25)19-14)16-5-22(11)9-3-7(20-21-15)8(4-23)26-9/h5-9,23H,3-4H2,1-2H3,(H2,17,18,19,24,25)/t7-,8?,9?/m0/s1. The van der Waals surface area contributed by atoms with Gasteiger partial charge in [-0.2, -0.15) is 4.98 Å². The maximum atomic E-state index is 12.2. The Hall–Kier alpha value is -2.95. The molecule has 3 N–H and O–H groups in total. The quantitative estimate of drug-likeness (QED) is 0.401. The number of hydrogen-bond donors (Lipinski definition) is 3. The van der Waals surface area contributed by atoms with E-state index in [4.69, 9.17) is 10.3 Å². The number of aliphatic hydroxyl groups is 1. The third-order valence-corrected chi connectivity index (χ3v) is 4.09. The molecule has 0 saturated carbocycles.